The fraction of sp³-hybridized carbons (Fsp3) is 0.364. The van der Waals surface area contributed by atoms with Crippen LogP contribution in [0.4, 0.5) is 4.39 Å². The molecule has 0 heterocycles. The second kappa shape index (κ2) is 3.77. The Balaban J connectivity index is 3.39. The van der Waals surface area contributed by atoms with E-state index in [-0.39, 0.29) is 17.1 Å². The molecule has 15 heavy (non-hydrogen) atoms. The molecule has 0 unspecified atom stereocenters. The van der Waals surface area contributed by atoms with Gasteiger partial charge in [-0.3, -0.25) is 4.79 Å². The van der Waals surface area contributed by atoms with E-state index in [1.807, 2.05) is 19.6 Å². The van der Waals surface area contributed by atoms with Crippen molar-refractivity contribution in [1.82, 2.24) is 0 Å². The number of benzene rings is 1. The van der Waals surface area contributed by atoms with E-state index in [1.165, 1.54) is 13.0 Å². The number of Topliss-reactive ketones (excluding diaryl/α,β-unsaturated/α-hetero) is 1. The third kappa shape index (κ3) is 2.44. The van der Waals surface area contributed by atoms with Crippen LogP contribution >= 0.6 is 0 Å². The van der Waals surface area contributed by atoms with Crippen LogP contribution in [0.1, 0.15) is 17.3 Å². The number of halogens is 1. The van der Waals surface area contributed by atoms with Crippen LogP contribution in [-0.4, -0.2) is 19.0 Å². The quantitative estimate of drug-likeness (QED) is 0.620. The predicted molar refractivity (Wildman–Crippen MR) is 61.0 cm³/mol. The maximum Gasteiger partial charge on any atom is 0.163 e. The molecule has 0 spiro atoms. The molecule has 0 bridgehead atoms. The van der Waals surface area contributed by atoms with Crippen molar-refractivity contribution in [1.29, 1.82) is 0 Å². The van der Waals surface area contributed by atoms with Crippen LogP contribution in [0.5, 0.6) is 5.75 Å². The molecule has 0 aliphatic rings. The summed E-state index contributed by atoms with van der Waals surface area (Å²) in [4.78, 5) is 11.1. The van der Waals surface area contributed by atoms with Crippen molar-refractivity contribution < 1.29 is 14.3 Å². The van der Waals surface area contributed by atoms with Gasteiger partial charge in [-0.05, 0) is 24.2 Å². The van der Waals surface area contributed by atoms with E-state index in [0.717, 1.165) is 6.07 Å². The van der Waals surface area contributed by atoms with Crippen molar-refractivity contribution >= 4 is 19.0 Å². The summed E-state index contributed by atoms with van der Waals surface area (Å²) in [6.07, 6.45) is 0. The highest BCUT2D eigenvalue weighted by Crippen LogP contribution is 2.19. The Morgan fingerprint density at radius 3 is 2.27 bits per heavy atom. The van der Waals surface area contributed by atoms with Gasteiger partial charge < -0.3 is 5.11 Å². The normalized spacial score (nSPS) is 11.5. The zero-order chi connectivity index (χ0) is 11.8. The first-order valence-electron chi connectivity index (χ1n) is 4.77. The summed E-state index contributed by atoms with van der Waals surface area (Å²) in [6, 6.07) is 2.52. The maximum atomic E-state index is 13.7. The average molecular weight is 226 g/mol. The number of hydrogen-bond donors (Lipinski definition) is 1. The number of phenolic OH excluding ortho intramolecular Hbond substituents is 1. The topological polar surface area (TPSA) is 37.3 Å². The lowest BCUT2D eigenvalue weighted by molar-refractivity contribution is 0.101. The standard InChI is InChI=1S/C11H15FO2Si/c1-7(13)8-5-9(12)11(6-10(8)14)15(2,3)4/h5-6,14H,1-4H3. The van der Waals surface area contributed by atoms with Crippen molar-refractivity contribution in [3.05, 3.63) is 23.5 Å². The van der Waals surface area contributed by atoms with Gasteiger partial charge >= 0.3 is 0 Å². The van der Waals surface area contributed by atoms with Gasteiger partial charge in [-0.1, -0.05) is 19.6 Å². The molecule has 0 amide bonds. The van der Waals surface area contributed by atoms with Crippen molar-refractivity contribution in [3.63, 3.8) is 0 Å². The molecule has 0 atom stereocenters. The largest absolute Gasteiger partial charge is 0.507 e. The van der Waals surface area contributed by atoms with Crippen molar-refractivity contribution in [2.45, 2.75) is 26.6 Å². The van der Waals surface area contributed by atoms with E-state index < -0.39 is 13.9 Å². The molecule has 0 radical (unpaired) electrons. The molecule has 0 aromatic heterocycles. The van der Waals surface area contributed by atoms with Gasteiger partial charge in [0.15, 0.2) is 5.78 Å². The molecule has 0 fully saturated rings. The van der Waals surface area contributed by atoms with E-state index in [9.17, 15) is 14.3 Å². The summed E-state index contributed by atoms with van der Waals surface area (Å²) < 4.78 is 13.7. The van der Waals surface area contributed by atoms with Crippen LogP contribution in [0.3, 0.4) is 0 Å². The van der Waals surface area contributed by atoms with E-state index in [2.05, 4.69) is 0 Å². The minimum absolute atomic E-state index is 0.0505. The van der Waals surface area contributed by atoms with Crippen molar-refractivity contribution in [3.8, 4) is 5.75 Å². The first kappa shape index (κ1) is 11.9. The Labute approximate surface area is 89.8 Å². The Hall–Kier alpha value is -1.16. The number of aromatic hydroxyl groups is 1. The summed E-state index contributed by atoms with van der Waals surface area (Å²) in [5.74, 6) is -0.841. The molecule has 1 rings (SSSR count). The molecule has 82 valence electrons. The highest BCUT2D eigenvalue weighted by atomic mass is 28.3. The predicted octanol–water partition coefficient (Wildman–Crippen LogP) is 2.28. The average Bonchev–Trinajstić information content (AvgIpc) is 2.06. The Morgan fingerprint density at radius 2 is 1.87 bits per heavy atom. The zero-order valence-corrected chi connectivity index (χ0v) is 10.4. The fourth-order valence-electron chi connectivity index (χ4n) is 1.42. The van der Waals surface area contributed by atoms with Gasteiger partial charge in [0.05, 0.1) is 13.6 Å². The van der Waals surface area contributed by atoms with Gasteiger partial charge in [-0.25, -0.2) is 4.39 Å². The van der Waals surface area contributed by atoms with Gasteiger partial charge in [0.25, 0.3) is 0 Å². The van der Waals surface area contributed by atoms with Crippen LogP contribution in [-0.2, 0) is 0 Å². The van der Waals surface area contributed by atoms with Crippen molar-refractivity contribution in [2.24, 2.45) is 0 Å². The summed E-state index contributed by atoms with van der Waals surface area (Å²) >= 11 is 0. The summed E-state index contributed by atoms with van der Waals surface area (Å²) in [5, 5.41) is 10.1. The lowest BCUT2D eigenvalue weighted by Gasteiger charge is -2.18. The number of carbonyl (C=O) groups is 1. The SMILES string of the molecule is CC(=O)c1cc(F)c([Si](C)(C)C)cc1O. The first-order chi connectivity index (χ1) is 6.73. The molecule has 0 aliphatic heterocycles. The molecule has 1 aromatic carbocycles. The lowest BCUT2D eigenvalue weighted by Crippen LogP contribution is -2.40. The van der Waals surface area contributed by atoms with Gasteiger partial charge in [-0.15, -0.1) is 0 Å². The second-order valence-corrected chi connectivity index (χ2v) is 9.69. The van der Waals surface area contributed by atoms with Crippen LogP contribution in [0.2, 0.25) is 19.6 Å². The smallest absolute Gasteiger partial charge is 0.163 e. The molecular weight excluding hydrogens is 211 g/mol. The number of phenols is 1. The Kier molecular flexibility index (Phi) is 2.99. The monoisotopic (exact) mass is 226 g/mol. The lowest BCUT2D eigenvalue weighted by atomic mass is 10.1. The van der Waals surface area contributed by atoms with Crippen LogP contribution in [0, 0.1) is 5.82 Å². The van der Waals surface area contributed by atoms with Crippen LogP contribution < -0.4 is 5.19 Å². The molecular formula is C11H15FO2Si. The van der Waals surface area contributed by atoms with Gasteiger partial charge in [-0.2, -0.15) is 0 Å². The van der Waals surface area contributed by atoms with Gasteiger partial charge in [0.1, 0.15) is 11.6 Å². The number of carbonyl (C=O) groups excluding carboxylic acids is 1. The molecule has 1 aromatic rings. The molecule has 4 heteroatoms. The molecule has 0 saturated heterocycles. The zero-order valence-electron chi connectivity index (χ0n) is 9.39. The Bertz CT molecular complexity index is 408. The second-order valence-electron chi connectivity index (χ2n) is 4.66. The minimum Gasteiger partial charge on any atom is -0.507 e. The molecule has 0 saturated carbocycles. The summed E-state index contributed by atoms with van der Waals surface area (Å²) in [5.41, 5.74) is 0.0505. The minimum atomic E-state index is -1.81. The molecule has 2 nitrogen and oxygen atoms in total. The third-order valence-corrected chi connectivity index (χ3v) is 4.27. The van der Waals surface area contributed by atoms with Gasteiger partial charge in [0.2, 0.25) is 0 Å². The number of rotatable bonds is 2. The molecule has 0 aliphatic carbocycles. The Morgan fingerprint density at radius 1 is 1.33 bits per heavy atom. The number of ketones is 1. The first-order valence-corrected chi connectivity index (χ1v) is 8.27. The van der Waals surface area contributed by atoms with Crippen LogP contribution in [0.15, 0.2) is 12.1 Å². The van der Waals surface area contributed by atoms with Gasteiger partial charge in [0, 0.05) is 0 Å². The van der Waals surface area contributed by atoms with E-state index >= 15 is 0 Å². The van der Waals surface area contributed by atoms with Crippen LogP contribution in [0.25, 0.3) is 0 Å². The highest BCUT2D eigenvalue weighted by molar-refractivity contribution is 6.88. The third-order valence-electron chi connectivity index (χ3n) is 2.27. The van der Waals surface area contributed by atoms with E-state index in [4.69, 9.17) is 0 Å². The van der Waals surface area contributed by atoms with Crippen molar-refractivity contribution in [2.75, 3.05) is 0 Å². The molecule has 1 N–H and O–H groups in total. The van der Waals surface area contributed by atoms with E-state index in [1.54, 1.807) is 0 Å². The summed E-state index contributed by atoms with van der Waals surface area (Å²) in [6.45, 7) is 7.26. The maximum absolute atomic E-state index is 13.7. The fourth-order valence-corrected chi connectivity index (χ4v) is 2.78. The number of hydrogen-bond acceptors (Lipinski definition) is 2. The van der Waals surface area contributed by atoms with E-state index in [0.29, 0.717) is 5.19 Å². The summed E-state index contributed by atoms with van der Waals surface area (Å²) in [7, 11) is -1.81. The highest BCUT2D eigenvalue weighted by Gasteiger charge is 2.23.